The van der Waals surface area contributed by atoms with Crippen LogP contribution >= 0.6 is 0 Å². The fraction of sp³-hybridized carbons (Fsp3) is 0.929. The molecule has 0 aliphatic carbocycles. The Morgan fingerprint density at radius 1 is 1.26 bits per heavy atom. The molecule has 5 heteroatoms. The Hall–Kier alpha value is -0.810. The maximum absolute atomic E-state index is 5.47. The van der Waals surface area contributed by atoms with Gasteiger partial charge in [-0.15, -0.1) is 0 Å². The van der Waals surface area contributed by atoms with Crippen LogP contribution in [0.3, 0.4) is 0 Å². The van der Waals surface area contributed by atoms with E-state index in [0.29, 0.717) is 11.9 Å². The number of hydrazine groups is 1. The first-order chi connectivity index (χ1) is 9.28. The number of rotatable bonds is 11. The van der Waals surface area contributed by atoms with Crippen LogP contribution in [0.5, 0.6) is 0 Å². The van der Waals surface area contributed by atoms with Crippen molar-refractivity contribution in [2.24, 2.45) is 16.8 Å². The summed E-state index contributed by atoms with van der Waals surface area (Å²) in [7, 11) is 0. The van der Waals surface area contributed by atoms with Crippen LogP contribution in [-0.4, -0.2) is 32.3 Å². The number of nitrogens with zero attached hydrogens (tertiary/aromatic N) is 1. The van der Waals surface area contributed by atoms with Crippen molar-refractivity contribution in [3.8, 4) is 0 Å². The molecule has 0 saturated carbocycles. The molecule has 0 heterocycles. The normalized spacial score (nSPS) is 13.4. The van der Waals surface area contributed by atoms with E-state index in [9.17, 15) is 0 Å². The number of ether oxygens (including phenoxy) is 1. The van der Waals surface area contributed by atoms with Crippen molar-refractivity contribution in [1.29, 1.82) is 0 Å². The molecule has 4 N–H and O–H groups in total. The zero-order chi connectivity index (χ0) is 14.3. The van der Waals surface area contributed by atoms with Gasteiger partial charge in [-0.1, -0.05) is 33.1 Å². The molecule has 0 aromatic rings. The molecule has 114 valence electrons. The lowest BCUT2D eigenvalue weighted by Gasteiger charge is -2.14. The fourth-order valence-electron chi connectivity index (χ4n) is 1.82. The fourth-order valence-corrected chi connectivity index (χ4v) is 1.82. The van der Waals surface area contributed by atoms with Crippen molar-refractivity contribution < 1.29 is 4.74 Å². The van der Waals surface area contributed by atoms with Crippen LogP contribution in [0.4, 0.5) is 0 Å². The van der Waals surface area contributed by atoms with E-state index in [4.69, 9.17) is 10.6 Å². The third kappa shape index (κ3) is 10.8. The Bertz CT molecular complexity index is 221. The van der Waals surface area contributed by atoms with E-state index in [1.54, 1.807) is 0 Å². The smallest absolute Gasteiger partial charge is 0.205 e. The van der Waals surface area contributed by atoms with Crippen molar-refractivity contribution >= 4 is 5.96 Å². The number of unbranched alkanes of at least 4 members (excludes halogenated alkanes) is 1. The summed E-state index contributed by atoms with van der Waals surface area (Å²) in [5, 5.41) is 3.20. The lowest BCUT2D eigenvalue weighted by Crippen LogP contribution is -2.42. The number of nitrogens with one attached hydrogen (secondary N) is 2. The summed E-state index contributed by atoms with van der Waals surface area (Å²) in [5.74, 6) is 6.81. The van der Waals surface area contributed by atoms with Crippen molar-refractivity contribution in [2.45, 2.75) is 52.9 Å². The molecule has 0 aromatic heterocycles. The summed E-state index contributed by atoms with van der Waals surface area (Å²) >= 11 is 0. The molecule has 1 atom stereocenters. The maximum Gasteiger partial charge on any atom is 0.205 e. The van der Waals surface area contributed by atoms with Crippen LogP contribution in [0.15, 0.2) is 4.99 Å². The summed E-state index contributed by atoms with van der Waals surface area (Å²) in [6.07, 6.45) is 5.91. The first kappa shape index (κ1) is 18.2. The molecule has 0 aliphatic heterocycles. The number of hydrogen-bond acceptors (Lipinski definition) is 3. The third-order valence-electron chi connectivity index (χ3n) is 3.15. The number of hydrogen-bond donors (Lipinski definition) is 3. The Morgan fingerprint density at radius 2 is 2.05 bits per heavy atom. The molecule has 0 rings (SSSR count). The van der Waals surface area contributed by atoms with Crippen molar-refractivity contribution in [2.75, 3.05) is 26.3 Å². The second kappa shape index (κ2) is 13.6. The maximum atomic E-state index is 5.47. The van der Waals surface area contributed by atoms with Gasteiger partial charge >= 0.3 is 0 Å². The standard InChI is InChI=1S/C14H32N4O/c1-4-7-9-13(5-2)12-17-14(18-15)16-10-8-11-19-6-3/h13H,4-12,15H2,1-3H3,(H2,16,17,18). The molecule has 1 unspecified atom stereocenters. The summed E-state index contributed by atoms with van der Waals surface area (Å²) < 4.78 is 5.28. The molecule has 0 bridgehead atoms. The van der Waals surface area contributed by atoms with Crippen LogP contribution < -0.4 is 16.6 Å². The van der Waals surface area contributed by atoms with E-state index in [1.165, 1.54) is 25.7 Å². The van der Waals surface area contributed by atoms with Gasteiger partial charge in [0.05, 0.1) is 0 Å². The highest BCUT2D eigenvalue weighted by atomic mass is 16.5. The largest absolute Gasteiger partial charge is 0.382 e. The second-order valence-corrected chi connectivity index (χ2v) is 4.73. The predicted octanol–water partition coefficient (Wildman–Crippen LogP) is 2.04. The summed E-state index contributed by atoms with van der Waals surface area (Å²) in [6, 6.07) is 0. The number of aliphatic imine (C=N–C) groups is 1. The Labute approximate surface area is 118 Å². The van der Waals surface area contributed by atoms with Gasteiger partial charge in [-0.25, -0.2) is 5.84 Å². The van der Waals surface area contributed by atoms with E-state index in [0.717, 1.165) is 32.7 Å². The van der Waals surface area contributed by atoms with Gasteiger partial charge in [0.15, 0.2) is 0 Å². The average molecular weight is 272 g/mol. The Morgan fingerprint density at radius 3 is 2.63 bits per heavy atom. The minimum atomic E-state index is 0.661. The minimum Gasteiger partial charge on any atom is -0.382 e. The summed E-state index contributed by atoms with van der Waals surface area (Å²) in [4.78, 5) is 4.51. The van der Waals surface area contributed by atoms with Gasteiger partial charge in [-0.05, 0) is 25.7 Å². The number of guanidine groups is 1. The highest BCUT2D eigenvalue weighted by Crippen LogP contribution is 2.12. The molecule has 0 radical (unpaired) electrons. The van der Waals surface area contributed by atoms with E-state index in [1.807, 2.05) is 6.92 Å². The minimum absolute atomic E-state index is 0.661. The first-order valence-electron chi connectivity index (χ1n) is 7.61. The highest BCUT2D eigenvalue weighted by Gasteiger charge is 2.05. The lowest BCUT2D eigenvalue weighted by molar-refractivity contribution is 0.145. The van der Waals surface area contributed by atoms with Crippen molar-refractivity contribution in [1.82, 2.24) is 10.7 Å². The molecule has 0 amide bonds. The van der Waals surface area contributed by atoms with Crippen LogP contribution in [0, 0.1) is 5.92 Å². The average Bonchev–Trinajstić information content (AvgIpc) is 2.44. The molecular weight excluding hydrogens is 240 g/mol. The van der Waals surface area contributed by atoms with Crippen LogP contribution in [-0.2, 0) is 4.74 Å². The van der Waals surface area contributed by atoms with Gasteiger partial charge in [0.25, 0.3) is 0 Å². The van der Waals surface area contributed by atoms with Gasteiger partial charge in [-0.2, -0.15) is 0 Å². The van der Waals surface area contributed by atoms with E-state index >= 15 is 0 Å². The summed E-state index contributed by atoms with van der Waals surface area (Å²) in [5.41, 5.74) is 2.63. The van der Waals surface area contributed by atoms with Gasteiger partial charge in [-0.3, -0.25) is 10.4 Å². The molecule has 0 aliphatic rings. The van der Waals surface area contributed by atoms with Gasteiger partial charge < -0.3 is 10.1 Å². The highest BCUT2D eigenvalue weighted by molar-refractivity contribution is 5.79. The van der Waals surface area contributed by atoms with Crippen molar-refractivity contribution in [3.63, 3.8) is 0 Å². The second-order valence-electron chi connectivity index (χ2n) is 4.73. The monoisotopic (exact) mass is 272 g/mol. The van der Waals surface area contributed by atoms with E-state index in [2.05, 4.69) is 29.6 Å². The SMILES string of the molecule is CCCCC(CC)CN=C(NN)NCCCOCC. The first-order valence-corrected chi connectivity index (χ1v) is 7.61. The van der Waals surface area contributed by atoms with Gasteiger partial charge in [0.1, 0.15) is 0 Å². The Balaban J connectivity index is 3.87. The van der Waals surface area contributed by atoms with Crippen LogP contribution in [0.2, 0.25) is 0 Å². The molecule has 0 aromatic carbocycles. The van der Waals surface area contributed by atoms with E-state index < -0.39 is 0 Å². The van der Waals surface area contributed by atoms with E-state index in [-0.39, 0.29) is 0 Å². The third-order valence-corrected chi connectivity index (χ3v) is 3.15. The zero-order valence-corrected chi connectivity index (χ0v) is 12.9. The number of nitrogens with two attached hydrogens (primary N) is 1. The lowest BCUT2D eigenvalue weighted by atomic mass is 10.00. The van der Waals surface area contributed by atoms with Gasteiger partial charge in [0, 0.05) is 26.3 Å². The van der Waals surface area contributed by atoms with Crippen LogP contribution in [0.1, 0.15) is 52.9 Å². The predicted molar refractivity (Wildman–Crippen MR) is 82.0 cm³/mol. The molecule has 0 saturated heterocycles. The molecule has 5 nitrogen and oxygen atoms in total. The zero-order valence-electron chi connectivity index (χ0n) is 12.9. The molecule has 19 heavy (non-hydrogen) atoms. The van der Waals surface area contributed by atoms with Gasteiger partial charge in [0.2, 0.25) is 5.96 Å². The molecule has 0 spiro atoms. The quantitative estimate of drug-likeness (QED) is 0.177. The van der Waals surface area contributed by atoms with Crippen LogP contribution in [0.25, 0.3) is 0 Å². The molecule has 0 fully saturated rings. The van der Waals surface area contributed by atoms with Crippen molar-refractivity contribution in [3.05, 3.63) is 0 Å². The Kier molecular flexibility index (Phi) is 13.0. The molecular formula is C14H32N4O. The summed E-state index contributed by atoms with van der Waals surface area (Å²) in [6.45, 7) is 9.66. The topological polar surface area (TPSA) is 71.7 Å².